The van der Waals surface area contributed by atoms with Crippen molar-refractivity contribution < 1.29 is 14.6 Å². The van der Waals surface area contributed by atoms with Gasteiger partial charge in [-0.15, -0.1) is 0 Å². The molecule has 0 bridgehead atoms. The number of rotatable bonds is 5. The molecule has 1 fully saturated rings. The number of likely N-dealkylation sites (tertiary alicyclic amines) is 1. The van der Waals surface area contributed by atoms with Crippen molar-refractivity contribution in [2.75, 3.05) is 26.7 Å². The summed E-state index contributed by atoms with van der Waals surface area (Å²) in [5.74, 6) is -0.424. The molecule has 5 heteroatoms. The first-order valence-electron chi connectivity index (χ1n) is 6.36. The molecule has 0 amide bonds. The highest BCUT2D eigenvalue weighted by Gasteiger charge is 2.33. The molecule has 0 aromatic heterocycles. The van der Waals surface area contributed by atoms with E-state index in [9.17, 15) is 9.90 Å². The average Bonchev–Trinajstić information content (AvgIpc) is 2.78. The molecule has 1 N–H and O–H groups in total. The third-order valence-corrected chi connectivity index (χ3v) is 3.81. The summed E-state index contributed by atoms with van der Waals surface area (Å²) in [5.41, 5.74) is 0. The molecule has 4 nitrogen and oxygen atoms in total. The Morgan fingerprint density at radius 1 is 1.53 bits per heavy atom. The van der Waals surface area contributed by atoms with E-state index in [0.717, 1.165) is 19.5 Å². The zero-order valence-corrected chi connectivity index (χ0v) is 11.6. The Hall–Kier alpha value is -1.26. The van der Waals surface area contributed by atoms with Gasteiger partial charge < -0.3 is 14.7 Å². The predicted molar refractivity (Wildman–Crippen MR) is 73.7 cm³/mol. The maximum atomic E-state index is 11.3. The van der Waals surface area contributed by atoms with Gasteiger partial charge in [0.15, 0.2) is 0 Å². The van der Waals surface area contributed by atoms with Crippen LogP contribution in [0.3, 0.4) is 0 Å². The van der Waals surface area contributed by atoms with Gasteiger partial charge in [-0.2, -0.15) is 0 Å². The Kier molecular flexibility index (Phi) is 4.66. The van der Waals surface area contributed by atoms with Crippen molar-refractivity contribution in [2.45, 2.75) is 6.42 Å². The molecular weight excluding hydrogens is 266 g/mol. The lowest BCUT2D eigenvalue weighted by Gasteiger charge is -2.19. The predicted octanol–water partition coefficient (Wildman–Crippen LogP) is 2.37. The highest BCUT2D eigenvalue weighted by molar-refractivity contribution is 6.30. The lowest BCUT2D eigenvalue weighted by Crippen LogP contribution is -2.31. The van der Waals surface area contributed by atoms with Gasteiger partial charge in [-0.05, 0) is 50.2 Å². The zero-order chi connectivity index (χ0) is 13.8. The standard InChI is InChI=1S/C14H18ClNO3/c1-16-7-6-10(8-16)13(14(17)18)9-19-12-4-2-11(15)3-5-12/h2-5,10,13H,6-9H2,1H3,(H,17,18). The second-order valence-electron chi connectivity index (χ2n) is 5.02. The van der Waals surface area contributed by atoms with Crippen molar-refractivity contribution in [2.24, 2.45) is 11.8 Å². The minimum Gasteiger partial charge on any atom is -0.493 e. The van der Waals surface area contributed by atoms with Gasteiger partial charge in [0.25, 0.3) is 0 Å². The van der Waals surface area contributed by atoms with E-state index >= 15 is 0 Å². The quantitative estimate of drug-likeness (QED) is 0.901. The summed E-state index contributed by atoms with van der Waals surface area (Å²) >= 11 is 5.79. The summed E-state index contributed by atoms with van der Waals surface area (Å²) in [7, 11) is 2.01. The van der Waals surface area contributed by atoms with Crippen molar-refractivity contribution in [3.8, 4) is 5.75 Å². The number of ether oxygens (including phenoxy) is 1. The first-order chi connectivity index (χ1) is 9.06. The summed E-state index contributed by atoms with van der Waals surface area (Å²) < 4.78 is 5.57. The summed E-state index contributed by atoms with van der Waals surface area (Å²) in [6.45, 7) is 1.98. The smallest absolute Gasteiger partial charge is 0.310 e. The van der Waals surface area contributed by atoms with E-state index in [1.807, 2.05) is 7.05 Å². The summed E-state index contributed by atoms with van der Waals surface area (Å²) in [5, 5.41) is 9.96. The number of carbonyl (C=O) groups is 1. The van der Waals surface area contributed by atoms with E-state index in [4.69, 9.17) is 16.3 Å². The minimum absolute atomic E-state index is 0.162. The summed E-state index contributed by atoms with van der Waals surface area (Å²) in [6, 6.07) is 6.97. The lowest BCUT2D eigenvalue weighted by atomic mass is 9.92. The van der Waals surface area contributed by atoms with Gasteiger partial charge in [0.05, 0.1) is 5.92 Å². The van der Waals surface area contributed by atoms with Gasteiger partial charge in [0.1, 0.15) is 12.4 Å². The molecule has 19 heavy (non-hydrogen) atoms. The van der Waals surface area contributed by atoms with Crippen LogP contribution >= 0.6 is 11.6 Å². The Balaban J connectivity index is 1.94. The molecule has 1 aromatic rings. The second-order valence-corrected chi connectivity index (χ2v) is 5.46. The fourth-order valence-electron chi connectivity index (χ4n) is 2.42. The van der Waals surface area contributed by atoms with Gasteiger partial charge in [0, 0.05) is 11.6 Å². The van der Waals surface area contributed by atoms with Crippen LogP contribution in [0.5, 0.6) is 5.75 Å². The Labute approximate surface area is 117 Å². The van der Waals surface area contributed by atoms with E-state index in [1.54, 1.807) is 24.3 Å². The molecular formula is C14H18ClNO3. The number of carboxylic acids is 1. The molecule has 1 aromatic carbocycles. The normalized spacial score (nSPS) is 21.3. The third kappa shape index (κ3) is 3.85. The topological polar surface area (TPSA) is 49.8 Å². The number of halogens is 1. The fourth-order valence-corrected chi connectivity index (χ4v) is 2.55. The highest BCUT2D eigenvalue weighted by Crippen LogP contribution is 2.25. The van der Waals surface area contributed by atoms with Gasteiger partial charge in [0.2, 0.25) is 0 Å². The molecule has 1 aliphatic rings. The van der Waals surface area contributed by atoms with E-state index < -0.39 is 11.9 Å². The monoisotopic (exact) mass is 283 g/mol. The van der Waals surface area contributed by atoms with E-state index in [2.05, 4.69) is 4.90 Å². The van der Waals surface area contributed by atoms with Crippen LogP contribution in [0.2, 0.25) is 5.02 Å². The SMILES string of the molecule is CN1CCC(C(COc2ccc(Cl)cc2)C(=O)O)C1. The van der Waals surface area contributed by atoms with Gasteiger partial charge in [-0.1, -0.05) is 11.6 Å². The molecule has 1 heterocycles. The average molecular weight is 284 g/mol. The van der Waals surface area contributed by atoms with Gasteiger partial charge in [-0.25, -0.2) is 0 Å². The molecule has 2 unspecified atom stereocenters. The number of aliphatic carboxylic acids is 1. The summed E-state index contributed by atoms with van der Waals surface area (Å²) in [6.07, 6.45) is 0.914. The third-order valence-electron chi connectivity index (χ3n) is 3.56. The maximum absolute atomic E-state index is 11.3. The first-order valence-corrected chi connectivity index (χ1v) is 6.74. The first kappa shape index (κ1) is 14.2. The van der Waals surface area contributed by atoms with Crippen molar-refractivity contribution in [3.63, 3.8) is 0 Å². The van der Waals surface area contributed by atoms with Crippen LogP contribution in [-0.4, -0.2) is 42.7 Å². The highest BCUT2D eigenvalue weighted by atomic mass is 35.5. The van der Waals surface area contributed by atoms with Crippen LogP contribution in [0.1, 0.15) is 6.42 Å². The molecule has 2 rings (SSSR count). The van der Waals surface area contributed by atoms with E-state index in [1.165, 1.54) is 0 Å². The zero-order valence-electron chi connectivity index (χ0n) is 10.9. The van der Waals surface area contributed by atoms with Crippen LogP contribution in [0.25, 0.3) is 0 Å². The maximum Gasteiger partial charge on any atom is 0.310 e. The second kappa shape index (κ2) is 6.26. The van der Waals surface area contributed by atoms with Crippen LogP contribution < -0.4 is 4.74 Å². The molecule has 0 saturated carbocycles. The molecule has 104 valence electrons. The minimum atomic E-state index is -0.783. The van der Waals surface area contributed by atoms with Crippen LogP contribution in [0, 0.1) is 11.8 Å². The summed E-state index contributed by atoms with van der Waals surface area (Å²) in [4.78, 5) is 13.5. The molecule has 1 saturated heterocycles. The molecule has 0 aliphatic carbocycles. The number of benzene rings is 1. The van der Waals surface area contributed by atoms with Crippen molar-refractivity contribution in [3.05, 3.63) is 29.3 Å². The molecule has 0 spiro atoms. The molecule has 0 radical (unpaired) electrons. The number of hydrogen-bond donors (Lipinski definition) is 1. The molecule has 2 atom stereocenters. The van der Waals surface area contributed by atoms with Crippen molar-refractivity contribution in [1.29, 1.82) is 0 Å². The van der Waals surface area contributed by atoms with Gasteiger partial charge >= 0.3 is 5.97 Å². The lowest BCUT2D eigenvalue weighted by molar-refractivity contribution is -0.144. The van der Waals surface area contributed by atoms with Gasteiger partial charge in [-0.3, -0.25) is 4.79 Å². The fraction of sp³-hybridized carbons (Fsp3) is 0.500. The molecule has 1 aliphatic heterocycles. The van der Waals surface area contributed by atoms with Crippen LogP contribution in [0.4, 0.5) is 0 Å². The van der Waals surface area contributed by atoms with E-state index in [-0.39, 0.29) is 12.5 Å². The van der Waals surface area contributed by atoms with E-state index in [0.29, 0.717) is 10.8 Å². The van der Waals surface area contributed by atoms with Crippen molar-refractivity contribution in [1.82, 2.24) is 4.90 Å². The Bertz CT molecular complexity index is 435. The van der Waals surface area contributed by atoms with Crippen molar-refractivity contribution >= 4 is 17.6 Å². The number of carboxylic acid groups (broad SMARTS) is 1. The van der Waals surface area contributed by atoms with Crippen LogP contribution in [0.15, 0.2) is 24.3 Å². The number of hydrogen-bond acceptors (Lipinski definition) is 3. The largest absolute Gasteiger partial charge is 0.493 e. The Morgan fingerprint density at radius 3 is 2.74 bits per heavy atom. The van der Waals surface area contributed by atoms with Crippen LogP contribution in [-0.2, 0) is 4.79 Å². The number of nitrogens with zero attached hydrogens (tertiary/aromatic N) is 1. The Morgan fingerprint density at radius 2 is 2.21 bits per heavy atom.